The van der Waals surface area contributed by atoms with Gasteiger partial charge in [-0.15, -0.1) is 0 Å². The second kappa shape index (κ2) is 6.37. The molecule has 0 heterocycles. The van der Waals surface area contributed by atoms with Crippen LogP contribution in [0.25, 0.3) is 6.08 Å². The Hall–Kier alpha value is -2.59. The van der Waals surface area contributed by atoms with Crippen LogP contribution in [0.5, 0.6) is 0 Å². The molecule has 0 saturated heterocycles. The van der Waals surface area contributed by atoms with Crippen LogP contribution in [0.1, 0.15) is 18.1 Å². The fraction of sp³-hybridized carbons (Fsp3) is 0.0556. The lowest BCUT2D eigenvalue weighted by Crippen LogP contribution is -1.93. The molecule has 0 spiro atoms. The summed E-state index contributed by atoms with van der Waals surface area (Å²) in [7, 11) is 0. The predicted molar refractivity (Wildman–Crippen MR) is 78.4 cm³/mol. The molecule has 0 radical (unpaired) electrons. The van der Waals surface area contributed by atoms with Crippen LogP contribution >= 0.6 is 0 Å². The van der Waals surface area contributed by atoms with Gasteiger partial charge < -0.3 is 0 Å². The Bertz CT molecular complexity index is 640. The molecule has 0 aromatic heterocycles. The number of ketones is 1. The van der Waals surface area contributed by atoms with Gasteiger partial charge in [-0.1, -0.05) is 60.4 Å². The van der Waals surface area contributed by atoms with Crippen molar-refractivity contribution >= 4 is 11.9 Å². The Morgan fingerprint density at radius 1 is 0.947 bits per heavy atom. The highest BCUT2D eigenvalue weighted by atomic mass is 16.1. The van der Waals surface area contributed by atoms with E-state index >= 15 is 0 Å². The maximum Gasteiger partial charge on any atom is 0.168 e. The lowest BCUT2D eigenvalue weighted by Gasteiger charge is -1.95. The number of hydrogen-bond donors (Lipinski definition) is 0. The van der Waals surface area contributed by atoms with Crippen molar-refractivity contribution in [3.63, 3.8) is 0 Å². The van der Waals surface area contributed by atoms with Gasteiger partial charge in [-0.05, 0) is 30.7 Å². The summed E-state index contributed by atoms with van der Waals surface area (Å²) in [4.78, 5) is 11.6. The predicted octanol–water partition coefficient (Wildman–Crippen LogP) is 3.71. The van der Waals surface area contributed by atoms with Gasteiger partial charge in [0.15, 0.2) is 5.78 Å². The fourth-order valence-corrected chi connectivity index (χ4v) is 1.60. The number of carbonyl (C=O) groups excluding carboxylic acids is 1. The highest BCUT2D eigenvalue weighted by Gasteiger charge is 1.99. The van der Waals surface area contributed by atoms with Crippen LogP contribution < -0.4 is 0 Å². The Morgan fingerprint density at radius 3 is 2.11 bits per heavy atom. The zero-order chi connectivity index (χ0) is 13.5. The molecule has 0 aliphatic heterocycles. The topological polar surface area (TPSA) is 17.1 Å². The number of Topliss-reactive ketones (excluding diaryl/α,β-unsaturated/α-hetero) is 1. The SMILES string of the molecule is CC(=O)/C(C#Cc1ccccc1)=C\c1ccccc1. The van der Waals surface area contributed by atoms with E-state index < -0.39 is 0 Å². The summed E-state index contributed by atoms with van der Waals surface area (Å²) in [6.07, 6.45) is 1.82. The van der Waals surface area contributed by atoms with E-state index in [1.165, 1.54) is 6.92 Å². The van der Waals surface area contributed by atoms with Crippen LogP contribution in [0.15, 0.2) is 66.2 Å². The molecule has 0 bridgehead atoms. The number of carbonyl (C=O) groups is 1. The quantitative estimate of drug-likeness (QED) is 0.583. The van der Waals surface area contributed by atoms with Crippen molar-refractivity contribution in [3.05, 3.63) is 77.4 Å². The summed E-state index contributed by atoms with van der Waals surface area (Å²) in [6.45, 7) is 1.54. The van der Waals surface area contributed by atoms with Gasteiger partial charge in [0.05, 0.1) is 5.57 Å². The second-order valence-electron chi connectivity index (χ2n) is 4.14. The van der Waals surface area contributed by atoms with E-state index in [9.17, 15) is 4.79 Å². The highest BCUT2D eigenvalue weighted by Crippen LogP contribution is 2.07. The normalized spacial score (nSPS) is 10.5. The van der Waals surface area contributed by atoms with Crippen LogP contribution in [0.2, 0.25) is 0 Å². The van der Waals surface area contributed by atoms with Gasteiger partial charge >= 0.3 is 0 Å². The standard InChI is InChI=1S/C18H14O/c1-15(19)18(14-17-10-6-3-7-11-17)13-12-16-8-4-2-5-9-16/h2-11,14H,1H3/b18-14-. The molecule has 1 nitrogen and oxygen atoms in total. The summed E-state index contributed by atoms with van der Waals surface area (Å²) >= 11 is 0. The molecule has 0 aliphatic carbocycles. The lowest BCUT2D eigenvalue weighted by molar-refractivity contribution is -0.113. The summed E-state index contributed by atoms with van der Waals surface area (Å²) in [6, 6.07) is 19.4. The van der Waals surface area contributed by atoms with Gasteiger partial charge in [-0.3, -0.25) is 4.79 Å². The van der Waals surface area contributed by atoms with Crippen molar-refractivity contribution in [2.45, 2.75) is 6.92 Å². The van der Waals surface area contributed by atoms with Gasteiger partial charge in [-0.2, -0.15) is 0 Å². The highest BCUT2D eigenvalue weighted by molar-refractivity contribution is 6.02. The minimum Gasteiger partial charge on any atom is -0.294 e. The van der Waals surface area contributed by atoms with Crippen LogP contribution in [-0.4, -0.2) is 5.78 Å². The monoisotopic (exact) mass is 246 g/mol. The minimum atomic E-state index is -0.0210. The molecule has 2 aromatic rings. The molecular weight excluding hydrogens is 232 g/mol. The number of rotatable bonds is 2. The fourth-order valence-electron chi connectivity index (χ4n) is 1.60. The van der Waals surface area contributed by atoms with E-state index in [4.69, 9.17) is 0 Å². The molecule has 0 N–H and O–H groups in total. The van der Waals surface area contributed by atoms with Crippen molar-refractivity contribution in [2.24, 2.45) is 0 Å². The zero-order valence-electron chi connectivity index (χ0n) is 10.8. The third kappa shape index (κ3) is 3.97. The molecule has 19 heavy (non-hydrogen) atoms. The summed E-state index contributed by atoms with van der Waals surface area (Å²) < 4.78 is 0. The van der Waals surface area contributed by atoms with Crippen molar-refractivity contribution in [1.29, 1.82) is 0 Å². The molecule has 2 rings (SSSR count). The average molecular weight is 246 g/mol. The molecule has 92 valence electrons. The van der Waals surface area contributed by atoms with E-state index in [-0.39, 0.29) is 5.78 Å². The third-order valence-corrected chi connectivity index (χ3v) is 2.61. The van der Waals surface area contributed by atoms with Gasteiger partial charge in [0.2, 0.25) is 0 Å². The smallest absolute Gasteiger partial charge is 0.168 e. The maximum atomic E-state index is 11.6. The first-order valence-corrected chi connectivity index (χ1v) is 6.10. The Balaban J connectivity index is 2.31. The molecule has 0 amide bonds. The van der Waals surface area contributed by atoms with Crippen molar-refractivity contribution in [3.8, 4) is 11.8 Å². The maximum absolute atomic E-state index is 11.6. The Kier molecular flexibility index (Phi) is 4.31. The minimum absolute atomic E-state index is 0.0210. The van der Waals surface area contributed by atoms with Gasteiger partial charge in [0.25, 0.3) is 0 Å². The van der Waals surface area contributed by atoms with Crippen LogP contribution in [0.3, 0.4) is 0 Å². The molecule has 0 atom stereocenters. The van der Waals surface area contributed by atoms with Crippen molar-refractivity contribution in [1.82, 2.24) is 0 Å². The molecule has 0 unspecified atom stereocenters. The Labute approximate surface area is 113 Å². The van der Waals surface area contributed by atoms with Crippen molar-refractivity contribution in [2.75, 3.05) is 0 Å². The lowest BCUT2D eigenvalue weighted by atomic mass is 10.1. The molecule has 0 saturated carbocycles. The van der Waals surface area contributed by atoms with E-state index in [1.54, 1.807) is 0 Å². The van der Waals surface area contributed by atoms with Crippen LogP contribution in [-0.2, 0) is 4.79 Å². The first-order valence-electron chi connectivity index (χ1n) is 6.10. The number of allylic oxidation sites excluding steroid dienone is 1. The van der Waals surface area contributed by atoms with E-state index in [0.717, 1.165) is 11.1 Å². The van der Waals surface area contributed by atoms with Gasteiger partial charge in [0, 0.05) is 5.56 Å². The average Bonchev–Trinajstić information content (AvgIpc) is 2.45. The van der Waals surface area contributed by atoms with E-state index in [2.05, 4.69) is 11.8 Å². The second-order valence-corrected chi connectivity index (χ2v) is 4.14. The number of hydrogen-bond acceptors (Lipinski definition) is 1. The molecule has 0 aliphatic rings. The summed E-state index contributed by atoms with van der Waals surface area (Å²) in [5.41, 5.74) is 2.41. The van der Waals surface area contributed by atoms with Crippen LogP contribution in [0.4, 0.5) is 0 Å². The van der Waals surface area contributed by atoms with Crippen molar-refractivity contribution < 1.29 is 4.79 Å². The summed E-state index contributed by atoms with van der Waals surface area (Å²) in [5.74, 6) is 5.93. The third-order valence-electron chi connectivity index (χ3n) is 2.61. The van der Waals surface area contributed by atoms with E-state index in [1.807, 2.05) is 66.7 Å². The first kappa shape index (κ1) is 12.9. The largest absolute Gasteiger partial charge is 0.294 e. The van der Waals surface area contributed by atoms with E-state index in [0.29, 0.717) is 5.57 Å². The van der Waals surface area contributed by atoms with Gasteiger partial charge in [-0.25, -0.2) is 0 Å². The molecule has 0 fully saturated rings. The molecule has 2 aromatic carbocycles. The van der Waals surface area contributed by atoms with Gasteiger partial charge in [0.1, 0.15) is 0 Å². The first-order chi connectivity index (χ1) is 9.25. The summed E-state index contributed by atoms with van der Waals surface area (Å²) in [5, 5.41) is 0. The zero-order valence-corrected chi connectivity index (χ0v) is 10.8. The number of benzene rings is 2. The van der Waals surface area contributed by atoms with Crippen LogP contribution in [0, 0.1) is 11.8 Å². The molecule has 1 heteroatoms. The molecular formula is C18H14O. The Morgan fingerprint density at radius 2 is 1.53 bits per heavy atom.